The molecule has 0 aliphatic rings. The largest absolute Gasteiger partial charge is 0.433 e. The van der Waals surface area contributed by atoms with Gasteiger partial charge in [0.2, 0.25) is 0 Å². The van der Waals surface area contributed by atoms with Crippen molar-refractivity contribution in [2.75, 3.05) is 5.32 Å². The summed E-state index contributed by atoms with van der Waals surface area (Å²) in [6.07, 6.45) is 3.21. The topological polar surface area (TPSA) is 68.5 Å². The molecule has 0 radical (unpaired) electrons. The Morgan fingerprint density at radius 1 is 1.42 bits per heavy atom. The van der Waals surface area contributed by atoms with E-state index in [4.69, 9.17) is 0 Å². The number of hydrogen-bond donors (Lipinski definition) is 1. The number of carbonyl (C=O) groups is 1. The highest BCUT2D eigenvalue weighted by molar-refractivity contribution is 9.10. The third-order valence-corrected chi connectivity index (χ3v) is 3.89. The van der Waals surface area contributed by atoms with Crippen LogP contribution < -0.4 is 10.1 Å². The van der Waals surface area contributed by atoms with E-state index >= 15 is 0 Å². The predicted molar refractivity (Wildman–Crippen MR) is 86.5 cm³/mol. The summed E-state index contributed by atoms with van der Waals surface area (Å²) in [6.45, 7) is -1.26. The number of amides is 1. The second-order valence-electron chi connectivity index (χ2n) is 4.88. The van der Waals surface area contributed by atoms with E-state index in [1.807, 2.05) is 0 Å². The Bertz CT molecular complexity index is 914. The van der Waals surface area contributed by atoms with Gasteiger partial charge in [-0.2, -0.15) is 13.9 Å². The average molecular weight is 397 g/mol. The van der Waals surface area contributed by atoms with E-state index in [-0.39, 0.29) is 17.1 Å². The summed E-state index contributed by atoms with van der Waals surface area (Å²) in [7, 11) is 0. The number of aryl methyl sites for hydroxylation is 1. The third-order valence-electron chi connectivity index (χ3n) is 3.16. The standard InChI is InChI=1S/C15H11BrF2N4O2/c1-8-3-4-9(10(7-8)24-15(17)18)20-14(23)12-11(16)13-19-5-2-6-22(13)21-12/h2-7,15H,1H3,(H,20,23). The number of aromatic nitrogens is 3. The number of ether oxygens (including phenoxy) is 1. The molecule has 0 saturated heterocycles. The number of halogens is 3. The van der Waals surface area contributed by atoms with Crippen LogP contribution >= 0.6 is 15.9 Å². The van der Waals surface area contributed by atoms with E-state index in [2.05, 4.69) is 36.1 Å². The molecule has 1 amide bonds. The summed E-state index contributed by atoms with van der Waals surface area (Å²) < 4.78 is 31.4. The Balaban J connectivity index is 1.93. The Hall–Kier alpha value is -2.55. The second-order valence-corrected chi connectivity index (χ2v) is 5.68. The highest BCUT2D eigenvalue weighted by Gasteiger charge is 2.20. The Morgan fingerprint density at radius 2 is 2.21 bits per heavy atom. The molecule has 0 atom stereocenters. The fourth-order valence-electron chi connectivity index (χ4n) is 2.11. The summed E-state index contributed by atoms with van der Waals surface area (Å²) in [5, 5.41) is 6.65. The lowest BCUT2D eigenvalue weighted by Crippen LogP contribution is -2.15. The summed E-state index contributed by atoms with van der Waals surface area (Å²) in [4.78, 5) is 16.5. The molecule has 2 aromatic heterocycles. The molecule has 3 rings (SSSR count). The van der Waals surface area contributed by atoms with Crippen LogP contribution in [0.2, 0.25) is 0 Å². The van der Waals surface area contributed by atoms with E-state index in [1.54, 1.807) is 31.5 Å². The number of rotatable bonds is 4. The molecule has 0 bridgehead atoms. The van der Waals surface area contributed by atoms with Gasteiger partial charge in [0.1, 0.15) is 5.75 Å². The maximum atomic E-state index is 12.5. The summed E-state index contributed by atoms with van der Waals surface area (Å²) >= 11 is 3.28. The third kappa shape index (κ3) is 3.21. The molecule has 2 heterocycles. The lowest BCUT2D eigenvalue weighted by atomic mass is 10.2. The number of carbonyl (C=O) groups excluding carboxylic acids is 1. The Morgan fingerprint density at radius 3 is 2.92 bits per heavy atom. The van der Waals surface area contributed by atoms with Crippen LogP contribution in [0.15, 0.2) is 41.1 Å². The van der Waals surface area contributed by atoms with Crippen LogP contribution in [-0.2, 0) is 0 Å². The molecule has 6 nitrogen and oxygen atoms in total. The van der Waals surface area contributed by atoms with Crippen molar-refractivity contribution >= 4 is 33.2 Å². The molecule has 0 unspecified atom stereocenters. The number of hydrogen-bond acceptors (Lipinski definition) is 4. The molecule has 1 N–H and O–H groups in total. The van der Waals surface area contributed by atoms with E-state index in [1.165, 1.54) is 16.6 Å². The molecule has 0 fully saturated rings. The molecule has 124 valence electrons. The van der Waals surface area contributed by atoms with Crippen molar-refractivity contribution in [3.05, 3.63) is 52.4 Å². The quantitative estimate of drug-likeness (QED) is 0.730. The van der Waals surface area contributed by atoms with E-state index in [0.29, 0.717) is 10.1 Å². The summed E-state index contributed by atoms with van der Waals surface area (Å²) in [5.74, 6) is -0.688. The molecule has 0 aliphatic heterocycles. The van der Waals surface area contributed by atoms with E-state index in [9.17, 15) is 13.6 Å². The first-order chi connectivity index (χ1) is 11.5. The SMILES string of the molecule is Cc1ccc(NC(=O)c2nn3cccnc3c2Br)c(OC(F)F)c1. The van der Waals surface area contributed by atoms with Crippen molar-refractivity contribution in [1.82, 2.24) is 14.6 Å². The van der Waals surface area contributed by atoms with Gasteiger partial charge >= 0.3 is 6.61 Å². The zero-order chi connectivity index (χ0) is 17.3. The van der Waals surface area contributed by atoms with Gasteiger partial charge in [0, 0.05) is 12.4 Å². The fourth-order valence-corrected chi connectivity index (χ4v) is 2.66. The highest BCUT2D eigenvalue weighted by Crippen LogP contribution is 2.29. The van der Waals surface area contributed by atoms with Gasteiger partial charge in [0.15, 0.2) is 11.3 Å². The molecule has 0 saturated carbocycles. The Labute approximate surface area is 143 Å². The smallest absolute Gasteiger partial charge is 0.387 e. The predicted octanol–water partition coefficient (Wildman–Crippen LogP) is 3.65. The van der Waals surface area contributed by atoms with Crippen LogP contribution in [0.4, 0.5) is 14.5 Å². The first kappa shape index (κ1) is 16.3. The molecule has 9 heteroatoms. The first-order valence-corrected chi connectivity index (χ1v) is 7.60. The number of anilines is 1. The molecular formula is C15H11BrF2N4O2. The normalized spacial score (nSPS) is 11.0. The minimum Gasteiger partial charge on any atom is -0.433 e. The molecular weight excluding hydrogens is 386 g/mol. The number of nitrogens with zero attached hydrogens (tertiary/aromatic N) is 3. The zero-order valence-electron chi connectivity index (χ0n) is 12.3. The lowest BCUT2D eigenvalue weighted by Gasteiger charge is -2.12. The van der Waals surface area contributed by atoms with Gasteiger partial charge in [-0.05, 0) is 46.6 Å². The van der Waals surface area contributed by atoms with Crippen molar-refractivity contribution in [3.8, 4) is 5.75 Å². The average Bonchev–Trinajstić information content (AvgIpc) is 2.87. The molecule has 0 aliphatic carbocycles. The van der Waals surface area contributed by atoms with Gasteiger partial charge in [-0.15, -0.1) is 0 Å². The lowest BCUT2D eigenvalue weighted by molar-refractivity contribution is -0.0494. The Kier molecular flexibility index (Phi) is 4.43. The van der Waals surface area contributed by atoms with Crippen molar-refractivity contribution in [3.63, 3.8) is 0 Å². The molecule has 0 spiro atoms. The van der Waals surface area contributed by atoms with Crippen molar-refractivity contribution in [1.29, 1.82) is 0 Å². The van der Waals surface area contributed by atoms with Gasteiger partial charge in [0.05, 0.1) is 10.2 Å². The minimum absolute atomic E-state index is 0.0808. The van der Waals surface area contributed by atoms with Crippen LogP contribution in [-0.4, -0.2) is 27.1 Å². The number of benzene rings is 1. The van der Waals surface area contributed by atoms with Gasteiger partial charge in [-0.25, -0.2) is 9.50 Å². The van der Waals surface area contributed by atoms with E-state index < -0.39 is 12.5 Å². The van der Waals surface area contributed by atoms with Gasteiger partial charge in [-0.1, -0.05) is 6.07 Å². The second kappa shape index (κ2) is 6.52. The maximum absolute atomic E-state index is 12.5. The zero-order valence-corrected chi connectivity index (χ0v) is 13.9. The highest BCUT2D eigenvalue weighted by atomic mass is 79.9. The van der Waals surface area contributed by atoms with Crippen LogP contribution in [0, 0.1) is 6.92 Å². The summed E-state index contributed by atoms with van der Waals surface area (Å²) in [6, 6.07) is 6.26. The molecule has 1 aromatic carbocycles. The monoisotopic (exact) mass is 396 g/mol. The molecule has 3 aromatic rings. The van der Waals surface area contributed by atoms with Gasteiger partial charge in [0.25, 0.3) is 5.91 Å². The van der Waals surface area contributed by atoms with E-state index in [0.717, 1.165) is 5.56 Å². The van der Waals surface area contributed by atoms with Crippen LogP contribution in [0.25, 0.3) is 5.65 Å². The van der Waals surface area contributed by atoms with Crippen molar-refractivity contribution < 1.29 is 18.3 Å². The van der Waals surface area contributed by atoms with Crippen molar-refractivity contribution in [2.45, 2.75) is 13.5 Å². The first-order valence-electron chi connectivity index (χ1n) is 6.81. The van der Waals surface area contributed by atoms with Crippen LogP contribution in [0.1, 0.15) is 16.1 Å². The number of alkyl halides is 2. The van der Waals surface area contributed by atoms with Gasteiger partial charge in [-0.3, -0.25) is 4.79 Å². The minimum atomic E-state index is -2.99. The van der Waals surface area contributed by atoms with Crippen LogP contribution in [0.5, 0.6) is 5.75 Å². The number of nitrogens with one attached hydrogen (secondary N) is 1. The maximum Gasteiger partial charge on any atom is 0.387 e. The van der Waals surface area contributed by atoms with Crippen LogP contribution in [0.3, 0.4) is 0 Å². The van der Waals surface area contributed by atoms with Gasteiger partial charge < -0.3 is 10.1 Å². The number of fused-ring (bicyclic) bond motifs is 1. The van der Waals surface area contributed by atoms with Crippen molar-refractivity contribution in [2.24, 2.45) is 0 Å². The fraction of sp³-hybridized carbons (Fsp3) is 0.133. The molecule has 24 heavy (non-hydrogen) atoms. The summed E-state index contributed by atoms with van der Waals surface area (Å²) in [5.41, 5.74) is 1.40.